The molecule has 0 atom stereocenters. The lowest BCUT2D eigenvalue weighted by Crippen LogP contribution is -2.22. The van der Waals surface area contributed by atoms with Crippen molar-refractivity contribution in [3.05, 3.63) is 59.7 Å². The van der Waals surface area contributed by atoms with E-state index in [0.717, 1.165) is 0 Å². The molecule has 7 heteroatoms. The highest BCUT2D eigenvalue weighted by atomic mass is 16.5. The summed E-state index contributed by atoms with van der Waals surface area (Å²) in [4.78, 5) is 35.6. The van der Waals surface area contributed by atoms with E-state index in [2.05, 4.69) is 20.1 Å². The predicted molar refractivity (Wildman–Crippen MR) is 88.2 cm³/mol. The van der Waals surface area contributed by atoms with Gasteiger partial charge in [0.05, 0.1) is 36.7 Å². The van der Waals surface area contributed by atoms with Gasteiger partial charge in [-0.1, -0.05) is 24.3 Å². The van der Waals surface area contributed by atoms with Gasteiger partial charge in [-0.2, -0.15) is 0 Å². The number of hydrogen-bond acceptors (Lipinski definition) is 5. The molecule has 2 rings (SSSR count). The van der Waals surface area contributed by atoms with Gasteiger partial charge in [-0.25, -0.2) is 14.4 Å². The van der Waals surface area contributed by atoms with Crippen LogP contribution in [0.2, 0.25) is 0 Å². The van der Waals surface area contributed by atoms with E-state index in [4.69, 9.17) is 0 Å². The Morgan fingerprint density at radius 2 is 1.08 bits per heavy atom. The summed E-state index contributed by atoms with van der Waals surface area (Å²) in [6.07, 6.45) is 0. The van der Waals surface area contributed by atoms with Crippen LogP contribution in [0.4, 0.5) is 16.2 Å². The quantitative estimate of drug-likeness (QED) is 0.842. The zero-order valence-electron chi connectivity index (χ0n) is 13.2. The molecule has 7 nitrogen and oxygen atoms in total. The minimum Gasteiger partial charge on any atom is -0.465 e. The molecule has 0 heterocycles. The summed E-state index contributed by atoms with van der Waals surface area (Å²) in [6.45, 7) is 0. The number of para-hydroxylation sites is 2. The summed E-state index contributed by atoms with van der Waals surface area (Å²) in [5, 5.41) is 5.11. The number of hydrogen-bond donors (Lipinski definition) is 2. The van der Waals surface area contributed by atoms with E-state index in [1.54, 1.807) is 36.4 Å². The van der Waals surface area contributed by atoms with E-state index in [9.17, 15) is 14.4 Å². The molecule has 0 spiro atoms. The van der Waals surface area contributed by atoms with Gasteiger partial charge in [-0.15, -0.1) is 0 Å². The minimum atomic E-state index is -0.609. The molecule has 0 aromatic heterocycles. The molecule has 0 fully saturated rings. The Morgan fingerprint density at radius 3 is 1.46 bits per heavy atom. The fraction of sp³-hybridized carbons (Fsp3) is 0.118. The molecule has 24 heavy (non-hydrogen) atoms. The molecule has 2 aromatic carbocycles. The van der Waals surface area contributed by atoms with E-state index < -0.39 is 18.0 Å². The van der Waals surface area contributed by atoms with Crippen molar-refractivity contribution in [3.63, 3.8) is 0 Å². The molecular weight excluding hydrogens is 312 g/mol. The Hall–Kier alpha value is -3.35. The second-order valence-electron chi connectivity index (χ2n) is 4.65. The molecule has 0 saturated carbocycles. The Balaban J connectivity index is 2.19. The van der Waals surface area contributed by atoms with Crippen molar-refractivity contribution in [2.45, 2.75) is 0 Å². The molecule has 2 aromatic rings. The SMILES string of the molecule is COC(=O)c1ccccc1NC(=O)Nc1ccccc1C(=O)OC. The first-order chi connectivity index (χ1) is 11.6. The number of carbonyl (C=O) groups excluding carboxylic acids is 3. The maximum Gasteiger partial charge on any atom is 0.339 e. The number of rotatable bonds is 4. The highest BCUT2D eigenvalue weighted by Crippen LogP contribution is 2.19. The molecule has 0 radical (unpaired) electrons. The van der Waals surface area contributed by atoms with Gasteiger partial charge in [0.2, 0.25) is 0 Å². The normalized spacial score (nSPS) is 9.75. The number of carbonyl (C=O) groups is 3. The third-order valence-electron chi connectivity index (χ3n) is 3.16. The highest BCUT2D eigenvalue weighted by Gasteiger charge is 2.16. The smallest absolute Gasteiger partial charge is 0.339 e. The van der Waals surface area contributed by atoms with Crippen LogP contribution in [0.3, 0.4) is 0 Å². The topological polar surface area (TPSA) is 93.7 Å². The maximum absolute atomic E-state index is 12.2. The standard InChI is InChI=1S/C17H16N2O5/c1-23-15(20)11-7-3-5-9-13(11)18-17(22)19-14-10-6-4-8-12(14)16(21)24-2/h3-10H,1-2H3,(H2,18,19,22). The molecular formula is C17H16N2O5. The molecule has 0 unspecified atom stereocenters. The molecule has 124 valence electrons. The van der Waals surface area contributed by atoms with Crippen molar-refractivity contribution >= 4 is 29.3 Å². The van der Waals surface area contributed by atoms with Crippen LogP contribution in [-0.2, 0) is 9.47 Å². The summed E-state index contributed by atoms with van der Waals surface area (Å²) in [7, 11) is 2.51. The second kappa shape index (κ2) is 7.77. The van der Waals surface area contributed by atoms with Crippen molar-refractivity contribution < 1.29 is 23.9 Å². The van der Waals surface area contributed by atoms with Crippen molar-refractivity contribution in [3.8, 4) is 0 Å². The summed E-state index contributed by atoms with van der Waals surface area (Å²) >= 11 is 0. The minimum absolute atomic E-state index is 0.219. The number of nitrogens with one attached hydrogen (secondary N) is 2. The molecule has 2 amide bonds. The Morgan fingerprint density at radius 1 is 0.708 bits per heavy atom. The first-order valence-electron chi connectivity index (χ1n) is 6.99. The zero-order valence-corrected chi connectivity index (χ0v) is 13.2. The van der Waals surface area contributed by atoms with Crippen molar-refractivity contribution in [1.82, 2.24) is 0 Å². The van der Waals surface area contributed by atoms with Gasteiger partial charge in [-0.3, -0.25) is 0 Å². The number of urea groups is 1. The van der Waals surface area contributed by atoms with E-state index >= 15 is 0 Å². The van der Waals surface area contributed by atoms with Crippen molar-refractivity contribution in [2.24, 2.45) is 0 Å². The summed E-state index contributed by atoms with van der Waals surface area (Å²) in [5.41, 5.74) is 1.02. The monoisotopic (exact) mass is 328 g/mol. The third kappa shape index (κ3) is 3.89. The van der Waals surface area contributed by atoms with Crippen LogP contribution >= 0.6 is 0 Å². The van der Waals surface area contributed by atoms with Gasteiger partial charge in [0.1, 0.15) is 0 Å². The summed E-state index contributed by atoms with van der Waals surface area (Å²) in [6, 6.07) is 12.2. The molecule has 2 N–H and O–H groups in total. The van der Waals surface area contributed by atoms with E-state index in [-0.39, 0.29) is 22.5 Å². The lowest BCUT2D eigenvalue weighted by molar-refractivity contribution is 0.0593. The number of ether oxygens (including phenoxy) is 2. The highest BCUT2D eigenvalue weighted by molar-refractivity contribution is 6.07. The zero-order chi connectivity index (χ0) is 17.5. The lowest BCUT2D eigenvalue weighted by atomic mass is 10.1. The van der Waals surface area contributed by atoms with Gasteiger partial charge >= 0.3 is 18.0 Å². The van der Waals surface area contributed by atoms with Gasteiger partial charge in [0, 0.05) is 0 Å². The number of esters is 2. The third-order valence-corrected chi connectivity index (χ3v) is 3.16. The van der Waals surface area contributed by atoms with E-state index in [0.29, 0.717) is 0 Å². The second-order valence-corrected chi connectivity index (χ2v) is 4.65. The molecule has 0 aliphatic rings. The predicted octanol–water partition coefficient (Wildman–Crippen LogP) is 2.90. The number of benzene rings is 2. The Labute approximate surface area is 138 Å². The molecule has 0 bridgehead atoms. The van der Waals surface area contributed by atoms with Crippen LogP contribution in [0.5, 0.6) is 0 Å². The van der Waals surface area contributed by atoms with Crippen LogP contribution in [-0.4, -0.2) is 32.2 Å². The van der Waals surface area contributed by atoms with E-state index in [1.807, 2.05) is 0 Å². The van der Waals surface area contributed by atoms with Crippen LogP contribution < -0.4 is 10.6 Å². The van der Waals surface area contributed by atoms with Gasteiger partial charge < -0.3 is 20.1 Å². The molecule has 0 saturated heterocycles. The largest absolute Gasteiger partial charge is 0.465 e. The molecule has 0 aliphatic carbocycles. The molecule has 0 aliphatic heterocycles. The average Bonchev–Trinajstić information content (AvgIpc) is 2.61. The first-order valence-corrected chi connectivity index (χ1v) is 6.99. The summed E-state index contributed by atoms with van der Waals surface area (Å²) in [5.74, 6) is -1.14. The summed E-state index contributed by atoms with van der Waals surface area (Å²) < 4.78 is 9.34. The first kappa shape index (κ1) is 17.0. The van der Waals surface area contributed by atoms with Crippen LogP contribution in [0, 0.1) is 0 Å². The maximum atomic E-state index is 12.2. The fourth-order valence-electron chi connectivity index (χ4n) is 2.04. The lowest BCUT2D eigenvalue weighted by Gasteiger charge is -2.12. The van der Waals surface area contributed by atoms with Crippen LogP contribution in [0.15, 0.2) is 48.5 Å². The van der Waals surface area contributed by atoms with Gasteiger partial charge in [0.25, 0.3) is 0 Å². The van der Waals surface area contributed by atoms with Crippen LogP contribution in [0.1, 0.15) is 20.7 Å². The average molecular weight is 328 g/mol. The Bertz CT molecular complexity index is 710. The number of methoxy groups -OCH3 is 2. The van der Waals surface area contributed by atoms with Gasteiger partial charge in [-0.05, 0) is 24.3 Å². The van der Waals surface area contributed by atoms with E-state index in [1.165, 1.54) is 26.4 Å². The number of amides is 2. The number of anilines is 2. The van der Waals surface area contributed by atoms with Crippen molar-refractivity contribution in [2.75, 3.05) is 24.9 Å². The van der Waals surface area contributed by atoms with Crippen LogP contribution in [0.25, 0.3) is 0 Å². The van der Waals surface area contributed by atoms with Crippen molar-refractivity contribution in [1.29, 1.82) is 0 Å². The fourth-order valence-corrected chi connectivity index (χ4v) is 2.04. The van der Waals surface area contributed by atoms with Gasteiger partial charge in [0.15, 0.2) is 0 Å². The Kier molecular flexibility index (Phi) is 5.51.